The fraction of sp³-hybridized carbons (Fsp3) is 0.500. The minimum Gasteiger partial charge on any atom is -0.479 e. The summed E-state index contributed by atoms with van der Waals surface area (Å²) < 4.78 is 5.60. The Bertz CT molecular complexity index is 491. The van der Waals surface area contributed by atoms with Crippen molar-refractivity contribution in [2.45, 2.75) is 31.9 Å². The van der Waals surface area contributed by atoms with Gasteiger partial charge in [-0.2, -0.15) is 0 Å². The van der Waals surface area contributed by atoms with Crippen LogP contribution in [0.15, 0.2) is 18.2 Å². The molecule has 1 N–H and O–H groups in total. The van der Waals surface area contributed by atoms with E-state index >= 15 is 0 Å². The zero-order valence-corrected chi connectivity index (χ0v) is 12.7. The van der Waals surface area contributed by atoms with E-state index in [1.165, 1.54) is 0 Å². The highest BCUT2D eigenvalue weighted by Gasteiger charge is 2.35. The molecule has 20 heavy (non-hydrogen) atoms. The van der Waals surface area contributed by atoms with E-state index in [2.05, 4.69) is 0 Å². The lowest BCUT2D eigenvalue weighted by Gasteiger charge is -2.25. The Kier molecular flexibility index (Phi) is 5.13. The number of carbonyl (C=O) groups excluding carboxylic acids is 1. The molecule has 0 radical (unpaired) electrons. The lowest BCUT2D eigenvalue weighted by Crippen LogP contribution is -2.43. The molecular formula is C14H17Cl2NO3. The fourth-order valence-electron chi connectivity index (χ4n) is 2.02. The van der Waals surface area contributed by atoms with Gasteiger partial charge in [0.25, 0.3) is 5.91 Å². The Balaban J connectivity index is 2.04. The van der Waals surface area contributed by atoms with Gasteiger partial charge in [0, 0.05) is 12.6 Å². The maximum Gasteiger partial charge on any atom is 0.263 e. The highest BCUT2D eigenvalue weighted by atomic mass is 35.5. The van der Waals surface area contributed by atoms with Crippen molar-refractivity contribution in [3.63, 3.8) is 0 Å². The van der Waals surface area contributed by atoms with Gasteiger partial charge in [-0.1, -0.05) is 29.3 Å². The summed E-state index contributed by atoms with van der Waals surface area (Å²) in [7, 11) is 0. The molecule has 1 aromatic rings. The third-order valence-electron chi connectivity index (χ3n) is 3.18. The van der Waals surface area contributed by atoms with Crippen LogP contribution in [0.1, 0.15) is 19.8 Å². The van der Waals surface area contributed by atoms with E-state index in [-0.39, 0.29) is 18.6 Å². The van der Waals surface area contributed by atoms with Gasteiger partial charge in [0.05, 0.1) is 11.6 Å². The Morgan fingerprint density at radius 2 is 2.20 bits per heavy atom. The van der Waals surface area contributed by atoms with E-state index in [0.29, 0.717) is 22.3 Å². The van der Waals surface area contributed by atoms with Crippen molar-refractivity contribution in [2.24, 2.45) is 0 Å². The molecule has 0 saturated heterocycles. The second-order valence-corrected chi connectivity index (χ2v) is 5.58. The van der Waals surface area contributed by atoms with Gasteiger partial charge in [-0.15, -0.1) is 0 Å². The number of nitrogens with zero attached hydrogens (tertiary/aromatic N) is 1. The second kappa shape index (κ2) is 6.66. The molecule has 1 unspecified atom stereocenters. The quantitative estimate of drug-likeness (QED) is 0.877. The molecule has 6 heteroatoms. The van der Waals surface area contributed by atoms with Gasteiger partial charge in [0.15, 0.2) is 6.10 Å². The normalized spacial score (nSPS) is 15.8. The zero-order valence-electron chi connectivity index (χ0n) is 11.2. The van der Waals surface area contributed by atoms with Crippen LogP contribution in [0.25, 0.3) is 0 Å². The van der Waals surface area contributed by atoms with Crippen molar-refractivity contribution in [2.75, 3.05) is 13.2 Å². The summed E-state index contributed by atoms with van der Waals surface area (Å²) in [6, 6.07) is 5.28. The van der Waals surface area contributed by atoms with Crippen molar-refractivity contribution in [1.82, 2.24) is 4.90 Å². The van der Waals surface area contributed by atoms with Gasteiger partial charge in [-0.25, -0.2) is 0 Å². The first-order valence-corrected chi connectivity index (χ1v) is 7.32. The molecule has 1 saturated carbocycles. The third-order valence-corrected chi connectivity index (χ3v) is 3.98. The molecule has 0 spiro atoms. The Morgan fingerprint density at radius 1 is 1.50 bits per heavy atom. The fourth-order valence-corrected chi connectivity index (χ4v) is 2.35. The van der Waals surface area contributed by atoms with Crippen molar-refractivity contribution in [3.8, 4) is 5.75 Å². The minimum atomic E-state index is -0.668. The average molecular weight is 318 g/mol. The van der Waals surface area contributed by atoms with Crippen LogP contribution in [0.3, 0.4) is 0 Å². The Morgan fingerprint density at radius 3 is 2.80 bits per heavy atom. The predicted octanol–water partition coefficient (Wildman–Crippen LogP) is 2.74. The number of hydrogen-bond donors (Lipinski definition) is 1. The van der Waals surface area contributed by atoms with E-state index in [4.69, 9.17) is 33.0 Å². The summed E-state index contributed by atoms with van der Waals surface area (Å²) in [6.07, 6.45) is 1.30. The largest absolute Gasteiger partial charge is 0.479 e. The second-order valence-electron chi connectivity index (χ2n) is 4.80. The number of aliphatic hydroxyl groups is 1. The van der Waals surface area contributed by atoms with Gasteiger partial charge in [0.1, 0.15) is 10.8 Å². The van der Waals surface area contributed by atoms with Gasteiger partial charge in [-0.05, 0) is 31.9 Å². The van der Waals surface area contributed by atoms with Crippen molar-refractivity contribution in [1.29, 1.82) is 0 Å². The monoisotopic (exact) mass is 317 g/mol. The van der Waals surface area contributed by atoms with Crippen LogP contribution in [0, 0.1) is 0 Å². The van der Waals surface area contributed by atoms with Crippen LogP contribution < -0.4 is 4.74 Å². The molecule has 1 aromatic carbocycles. The molecule has 0 heterocycles. The zero-order chi connectivity index (χ0) is 14.7. The molecule has 110 valence electrons. The molecule has 2 rings (SSSR count). The van der Waals surface area contributed by atoms with Crippen molar-refractivity contribution >= 4 is 29.1 Å². The van der Waals surface area contributed by atoms with Crippen molar-refractivity contribution < 1.29 is 14.6 Å². The number of hydrogen-bond acceptors (Lipinski definition) is 3. The molecule has 0 aliphatic heterocycles. The summed E-state index contributed by atoms with van der Waals surface area (Å²) in [5.74, 6) is 0.248. The summed E-state index contributed by atoms with van der Waals surface area (Å²) in [5.41, 5.74) is 0. The van der Waals surface area contributed by atoms with E-state index in [9.17, 15) is 4.79 Å². The van der Waals surface area contributed by atoms with Gasteiger partial charge in [-0.3, -0.25) is 4.79 Å². The number of ether oxygens (including phenoxy) is 1. The number of aliphatic hydroxyl groups excluding tert-OH is 1. The predicted molar refractivity (Wildman–Crippen MR) is 78.4 cm³/mol. The van der Waals surface area contributed by atoms with Crippen LogP contribution in [-0.2, 0) is 4.79 Å². The van der Waals surface area contributed by atoms with E-state index < -0.39 is 6.10 Å². The summed E-state index contributed by atoms with van der Waals surface area (Å²) >= 11 is 11.9. The Labute approximate surface area is 128 Å². The number of halogens is 2. The lowest BCUT2D eigenvalue weighted by molar-refractivity contribution is -0.139. The van der Waals surface area contributed by atoms with Gasteiger partial charge < -0.3 is 14.7 Å². The smallest absolute Gasteiger partial charge is 0.263 e. The van der Waals surface area contributed by atoms with Crippen LogP contribution in [0.2, 0.25) is 10.0 Å². The average Bonchev–Trinajstić information content (AvgIpc) is 3.25. The van der Waals surface area contributed by atoms with E-state index in [0.717, 1.165) is 12.8 Å². The number of benzene rings is 1. The van der Waals surface area contributed by atoms with E-state index in [1.54, 1.807) is 30.0 Å². The number of rotatable bonds is 6. The summed E-state index contributed by atoms with van der Waals surface area (Å²) in [6.45, 7) is 1.96. The minimum absolute atomic E-state index is 0.0487. The first-order valence-electron chi connectivity index (χ1n) is 6.56. The topological polar surface area (TPSA) is 49.8 Å². The molecular weight excluding hydrogens is 301 g/mol. The van der Waals surface area contributed by atoms with Crippen LogP contribution >= 0.6 is 23.2 Å². The van der Waals surface area contributed by atoms with Gasteiger partial charge >= 0.3 is 0 Å². The van der Waals surface area contributed by atoms with Gasteiger partial charge in [0.2, 0.25) is 0 Å². The molecule has 1 amide bonds. The Hall–Kier alpha value is -0.970. The van der Waals surface area contributed by atoms with Crippen LogP contribution in [-0.4, -0.2) is 41.2 Å². The standard InChI is InChI=1S/C14H17Cl2NO3/c1-9(14(19)17(7-8-18)10-5-6-10)20-12-4-2-3-11(15)13(12)16/h2-4,9-10,18H,5-8H2,1H3. The first kappa shape index (κ1) is 15.4. The van der Waals surface area contributed by atoms with E-state index in [1.807, 2.05) is 0 Å². The number of carbonyl (C=O) groups is 1. The third kappa shape index (κ3) is 3.57. The molecule has 0 bridgehead atoms. The SMILES string of the molecule is CC(Oc1cccc(Cl)c1Cl)C(=O)N(CCO)C1CC1. The summed E-state index contributed by atoms with van der Waals surface area (Å²) in [5, 5.41) is 9.73. The van der Waals surface area contributed by atoms with Crippen LogP contribution in [0.5, 0.6) is 5.75 Å². The molecule has 0 aromatic heterocycles. The number of amides is 1. The first-order chi connectivity index (χ1) is 9.54. The molecule has 1 aliphatic carbocycles. The highest BCUT2D eigenvalue weighted by Crippen LogP contribution is 2.33. The van der Waals surface area contributed by atoms with Crippen LogP contribution in [0.4, 0.5) is 0 Å². The molecule has 4 nitrogen and oxygen atoms in total. The molecule has 1 atom stereocenters. The van der Waals surface area contributed by atoms with Crippen molar-refractivity contribution in [3.05, 3.63) is 28.2 Å². The lowest BCUT2D eigenvalue weighted by atomic mass is 10.3. The highest BCUT2D eigenvalue weighted by molar-refractivity contribution is 6.42. The molecule has 1 aliphatic rings. The summed E-state index contributed by atoms with van der Waals surface area (Å²) in [4.78, 5) is 14.0. The maximum atomic E-state index is 12.3. The molecule has 1 fully saturated rings. The maximum absolute atomic E-state index is 12.3.